The molecule has 33 heavy (non-hydrogen) atoms. The third-order valence-corrected chi connectivity index (χ3v) is 4.82. The zero-order chi connectivity index (χ0) is 23.0. The zero-order valence-corrected chi connectivity index (χ0v) is 17.7. The summed E-state index contributed by atoms with van der Waals surface area (Å²) in [6.45, 7) is 0.779. The van der Waals surface area contributed by atoms with Crippen LogP contribution in [0.1, 0.15) is 27.7 Å². The van der Waals surface area contributed by atoms with Crippen LogP contribution < -0.4 is 10.2 Å². The van der Waals surface area contributed by atoms with Crippen molar-refractivity contribution < 1.29 is 15.0 Å². The van der Waals surface area contributed by atoms with Crippen molar-refractivity contribution in [2.45, 2.75) is 19.6 Å². The highest BCUT2D eigenvalue weighted by Gasteiger charge is 2.21. The Bertz CT molecular complexity index is 1210. The molecule has 1 amide bonds. The lowest BCUT2D eigenvalue weighted by atomic mass is 10.2. The summed E-state index contributed by atoms with van der Waals surface area (Å²) in [5.74, 6) is -1.80. The molecule has 0 saturated heterocycles. The van der Waals surface area contributed by atoms with Crippen molar-refractivity contribution >= 4 is 11.6 Å². The quantitative estimate of drug-likeness (QED) is 0.381. The molecule has 0 aliphatic heterocycles. The van der Waals surface area contributed by atoms with E-state index in [9.17, 15) is 15.0 Å². The highest BCUT2D eigenvalue weighted by Crippen LogP contribution is 2.26. The molecule has 0 bridgehead atoms. The summed E-state index contributed by atoms with van der Waals surface area (Å²) < 4.78 is 0. The Labute approximate surface area is 190 Å². The van der Waals surface area contributed by atoms with Gasteiger partial charge < -0.3 is 20.4 Å². The molecule has 0 aliphatic carbocycles. The largest absolute Gasteiger partial charge is 0.501 e. The number of carbonyl (C=O) groups is 1. The second kappa shape index (κ2) is 10.2. The fraction of sp³-hybridized carbons (Fsp3) is 0.125. The zero-order valence-electron chi connectivity index (χ0n) is 17.7. The molecule has 9 heteroatoms. The Morgan fingerprint density at radius 2 is 1.48 bits per heavy atom. The SMILES string of the molecule is O=C(NCc1ccccn1)c1nc(CN(Cc2ccccn2)c2ccccc2)nc(O)c1O. The van der Waals surface area contributed by atoms with Crippen LogP contribution >= 0.6 is 0 Å². The number of hydrogen-bond acceptors (Lipinski definition) is 8. The molecular weight excluding hydrogens is 420 g/mol. The second-order valence-corrected chi connectivity index (χ2v) is 7.18. The maximum atomic E-state index is 12.7. The van der Waals surface area contributed by atoms with Crippen molar-refractivity contribution in [3.05, 3.63) is 102 Å². The van der Waals surface area contributed by atoms with Crippen LogP contribution in [0.15, 0.2) is 79.1 Å². The fourth-order valence-electron chi connectivity index (χ4n) is 3.21. The fourth-order valence-corrected chi connectivity index (χ4v) is 3.21. The van der Waals surface area contributed by atoms with Crippen LogP contribution in [-0.4, -0.2) is 36.1 Å². The lowest BCUT2D eigenvalue weighted by Crippen LogP contribution is -2.27. The molecule has 0 radical (unpaired) electrons. The maximum absolute atomic E-state index is 12.7. The molecule has 3 N–H and O–H groups in total. The smallest absolute Gasteiger partial charge is 0.274 e. The van der Waals surface area contributed by atoms with Gasteiger partial charge in [0.15, 0.2) is 11.5 Å². The highest BCUT2D eigenvalue weighted by molar-refractivity contribution is 5.95. The Kier molecular flexibility index (Phi) is 6.70. The van der Waals surface area contributed by atoms with Crippen LogP contribution in [0.4, 0.5) is 5.69 Å². The third-order valence-electron chi connectivity index (χ3n) is 4.82. The number of aromatic hydroxyl groups is 2. The number of nitrogens with zero attached hydrogens (tertiary/aromatic N) is 5. The monoisotopic (exact) mass is 442 g/mol. The van der Waals surface area contributed by atoms with Crippen LogP contribution in [0.3, 0.4) is 0 Å². The minimum absolute atomic E-state index is 0.148. The average molecular weight is 442 g/mol. The van der Waals surface area contributed by atoms with Gasteiger partial charge in [-0.25, -0.2) is 4.98 Å². The van der Waals surface area contributed by atoms with Gasteiger partial charge in [-0.1, -0.05) is 30.3 Å². The molecule has 4 aromatic rings. The van der Waals surface area contributed by atoms with Crippen molar-refractivity contribution in [3.63, 3.8) is 0 Å². The number of para-hydroxylation sites is 1. The molecule has 3 aromatic heterocycles. The van der Waals surface area contributed by atoms with Gasteiger partial charge in [-0.3, -0.25) is 14.8 Å². The van der Waals surface area contributed by atoms with Crippen molar-refractivity contribution in [1.29, 1.82) is 0 Å². The summed E-state index contributed by atoms with van der Waals surface area (Å²) in [6, 6.07) is 20.6. The van der Waals surface area contributed by atoms with Gasteiger partial charge in [-0.2, -0.15) is 4.98 Å². The number of hydrogen-bond donors (Lipinski definition) is 3. The van der Waals surface area contributed by atoms with E-state index in [0.717, 1.165) is 11.4 Å². The molecule has 0 atom stereocenters. The van der Waals surface area contributed by atoms with E-state index in [4.69, 9.17) is 0 Å². The molecule has 166 valence electrons. The molecule has 0 fully saturated rings. The molecule has 0 spiro atoms. The number of aromatic nitrogens is 4. The molecule has 9 nitrogen and oxygen atoms in total. The Hall–Kier alpha value is -4.53. The number of anilines is 1. The van der Waals surface area contributed by atoms with Crippen molar-refractivity contribution in [2.24, 2.45) is 0 Å². The van der Waals surface area contributed by atoms with Crippen LogP contribution in [0.5, 0.6) is 11.6 Å². The molecule has 0 aliphatic rings. The topological polar surface area (TPSA) is 124 Å². The summed E-state index contributed by atoms with van der Waals surface area (Å²) in [7, 11) is 0. The molecular formula is C24H22N6O3. The summed E-state index contributed by atoms with van der Waals surface area (Å²) >= 11 is 0. The van der Waals surface area contributed by atoms with Gasteiger partial charge in [-0.05, 0) is 36.4 Å². The normalized spacial score (nSPS) is 10.5. The highest BCUT2D eigenvalue weighted by atomic mass is 16.3. The lowest BCUT2D eigenvalue weighted by Gasteiger charge is -2.24. The minimum Gasteiger partial charge on any atom is -0.501 e. The van der Waals surface area contributed by atoms with Gasteiger partial charge >= 0.3 is 0 Å². The third kappa shape index (κ3) is 5.59. The van der Waals surface area contributed by atoms with E-state index >= 15 is 0 Å². The van der Waals surface area contributed by atoms with E-state index in [2.05, 4.69) is 25.3 Å². The first-order valence-corrected chi connectivity index (χ1v) is 10.3. The number of rotatable bonds is 8. The van der Waals surface area contributed by atoms with Crippen LogP contribution in [0.25, 0.3) is 0 Å². The van der Waals surface area contributed by atoms with E-state index in [0.29, 0.717) is 12.2 Å². The lowest BCUT2D eigenvalue weighted by molar-refractivity contribution is 0.0940. The Morgan fingerprint density at radius 3 is 2.15 bits per heavy atom. The number of carbonyl (C=O) groups excluding carboxylic acids is 1. The van der Waals surface area contributed by atoms with Gasteiger partial charge in [0.1, 0.15) is 0 Å². The number of benzene rings is 1. The second-order valence-electron chi connectivity index (χ2n) is 7.18. The molecule has 4 rings (SSSR count). The van der Waals surface area contributed by atoms with Crippen LogP contribution in [-0.2, 0) is 19.6 Å². The Balaban J connectivity index is 1.57. The summed E-state index contributed by atoms with van der Waals surface area (Å²) in [4.78, 5) is 31.4. The molecule has 3 heterocycles. The van der Waals surface area contributed by atoms with E-state index in [-0.39, 0.29) is 24.6 Å². The molecule has 1 aromatic carbocycles. The van der Waals surface area contributed by atoms with E-state index < -0.39 is 17.5 Å². The Morgan fingerprint density at radius 1 is 0.818 bits per heavy atom. The number of pyridine rings is 2. The first-order chi connectivity index (χ1) is 16.1. The van der Waals surface area contributed by atoms with Crippen molar-refractivity contribution in [1.82, 2.24) is 25.3 Å². The number of amides is 1. The number of nitrogens with one attached hydrogen (secondary N) is 1. The van der Waals surface area contributed by atoms with Gasteiger partial charge in [0, 0.05) is 18.1 Å². The summed E-state index contributed by atoms with van der Waals surface area (Å²) in [5, 5.41) is 23.0. The van der Waals surface area contributed by atoms with Crippen LogP contribution in [0, 0.1) is 0 Å². The van der Waals surface area contributed by atoms with Gasteiger partial charge in [-0.15, -0.1) is 0 Å². The van der Waals surface area contributed by atoms with Gasteiger partial charge in [0.2, 0.25) is 5.75 Å². The maximum Gasteiger partial charge on any atom is 0.274 e. The first kappa shape index (κ1) is 21.7. The van der Waals surface area contributed by atoms with E-state index in [1.807, 2.05) is 53.4 Å². The van der Waals surface area contributed by atoms with E-state index in [1.54, 1.807) is 30.6 Å². The van der Waals surface area contributed by atoms with Crippen molar-refractivity contribution in [2.75, 3.05) is 4.90 Å². The minimum atomic E-state index is -0.673. The standard InChI is InChI=1S/C24H22N6O3/c31-22-21(23(32)27-14-17-8-4-6-12-25-17)28-20(29-24(22)33)16-30(19-10-2-1-3-11-19)15-18-9-5-7-13-26-18/h1-13,31H,14-16H2,(H,27,32)(H,28,29,33). The predicted molar refractivity (Wildman–Crippen MR) is 121 cm³/mol. The van der Waals surface area contributed by atoms with Gasteiger partial charge in [0.05, 0.1) is 31.0 Å². The van der Waals surface area contributed by atoms with Crippen molar-refractivity contribution in [3.8, 4) is 11.6 Å². The van der Waals surface area contributed by atoms with Crippen LogP contribution in [0.2, 0.25) is 0 Å². The first-order valence-electron chi connectivity index (χ1n) is 10.3. The van der Waals surface area contributed by atoms with E-state index in [1.165, 1.54) is 0 Å². The van der Waals surface area contributed by atoms with Gasteiger partial charge in [0.25, 0.3) is 11.8 Å². The summed E-state index contributed by atoms with van der Waals surface area (Å²) in [6.07, 6.45) is 3.33. The molecule has 0 unspecified atom stereocenters. The predicted octanol–water partition coefficient (Wildman–Crippen LogP) is 2.81. The average Bonchev–Trinajstić information content (AvgIpc) is 2.86. The molecule has 0 saturated carbocycles. The summed E-state index contributed by atoms with van der Waals surface area (Å²) in [5.41, 5.74) is 2.06.